The van der Waals surface area contributed by atoms with E-state index in [-0.39, 0.29) is 29.8 Å². The Balaban J connectivity index is 3.43. The topological polar surface area (TPSA) is 85.3 Å². The van der Waals surface area contributed by atoms with E-state index in [1.165, 1.54) is 12.1 Å². The average Bonchev–Trinajstić information content (AvgIpc) is 2.37. The summed E-state index contributed by atoms with van der Waals surface area (Å²) in [6.07, 6.45) is 0. The van der Waals surface area contributed by atoms with Crippen LogP contribution in [0.4, 0.5) is 8.78 Å². The molecule has 0 bridgehead atoms. The summed E-state index contributed by atoms with van der Waals surface area (Å²) in [5.41, 5.74) is 5.30. The van der Waals surface area contributed by atoms with Crippen molar-refractivity contribution in [1.82, 2.24) is 0 Å². The van der Waals surface area contributed by atoms with E-state index in [1.807, 2.05) is 0 Å². The van der Waals surface area contributed by atoms with Crippen molar-refractivity contribution in [2.45, 2.75) is 20.1 Å². The molecule has 0 aromatic heterocycles. The second-order valence-electron chi connectivity index (χ2n) is 3.39. The molecule has 5 nitrogen and oxygen atoms in total. The Kier molecular flexibility index (Phi) is 5.21. The minimum atomic E-state index is -3.16. The van der Waals surface area contributed by atoms with Crippen LogP contribution in [0.25, 0.3) is 0 Å². The molecule has 0 spiro atoms. The Labute approximate surface area is 108 Å². The lowest BCUT2D eigenvalue weighted by Crippen LogP contribution is -2.16. The summed E-state index contributed by atoms with van der Waals surface area (Å²) in [5, 5.41) is 8.87. The molecule has 0 fully saturated rings. The van der Waals surface area contributed by atoms with Gasteiger partial charge in [-0.2, -0.15) is 14.0 Å². The number of carbonyl (C=O) groups is 1. The molecule has 102 valence electrons. The maximum Gasteiger partial charge on any atom is 0.387 e. The molecule has 1 aromatic carbocycles. The number of ether oxygens (including phenoxy) is 2. The summed E-state index contributed by atoms with van der Waals surface area (Å²) >= 11 is 0. The second-order valence-corrected chi connectivity index (χ2v) is 3.39. The first kappa shape index (κ1) is 14.9. The van der Waals surface area contributed by atoms with Gasteiger partial charge in [0.15, 0.2) is 5.75 Å². The zero-order valence-electron chi connectivity index (χ0n) is 10.2. The van der Waals surface area contributed by atoms with E-state index >= 15 is 0 Å². The summed E-state index contributed by atoms with van der Waals surface area (Å²) < 4.78 is 33.8. The fourth-order valence-corrected chi connectivity index (χ4v) is 1.52. The van der Waals surface area contributed by atoms with Gasteiger partial charge in [-0.1, -0.05) is 6.07 Å². The zero-order chi connectivity index (χ0) is 14.4. The number of hydrogen-bond donors (Lipinski definition) is 1. The molecule has 0 unspecified atom stereocenters. The van der Waals surface area contributed by atoms with Gasteiger partial charge in [-0.25, -0.2) is 4.79 Å². The van der Waals surface area contributed by atoms with Crippen molar-refractivity contribution >= 4 is 5.97 Å². The van der Waals surface area contributed by atoms with Crippen molar-refractivity contribution in [3.05, 3.63) is 28.8 Å². The summed E-state index contributed by atoms with van der Waals surface area (Å²) in [5.74, 6) is -1.35. The number of halogens is 2. The Hall–Kier alpha value is -2.20. The third-order valence-electron chi connectivity index (χ3n) is 2.27. The number of nitriles is 1. The van der Waals surface area contributed by atoms with Crippen LogP contribution in [-0.2, 0) is 11.3 Å². The lowest BCUT2D eigenvalue weighted by molar-refractivity contribution is -0.0506. The minimum Gasteiger partial charge on any atom is -0.462 e. The van der Waals surface area contributed by atoms with Crippen molar-refractivity contribution in [3.8, 4) is 11.8 Å². The molecular weight excluding hydrogens is 258 g/mol. The average molecular weight is 270 g/mol. The number of nitrogens with zero attached hydrogens (tertiary/aromatic N) is 1. The predicted octanol–water partition coefficient (Wildman–Crippen LogP) is 1.80. The number of alkyl halides is 2. The van der Waals surface area contributed by atoms with Crippen molar-refractivity contribution in [3.63, 3.8) is 0 Å². The first-order chi connectivity index (χ1) is 9.04. The van der Waals surface area contributed by atoms with Crippen LogP contribution in [0.3, 0.4) is 0 Å². The minimum absolute atomic E-state index is 0.0632. The van der Waals surface area contributed by atoms with E-state index in [9.17, 15) is 13.6 Å². The normalized spacial score (nSPS) is 10.1. The molecule has 0 aliphatic carbocycles. The number of hydrogen-bond acceptors (Lipinski definition) is 5. The van der Waals surface area contributed by atoms with Gasteiger partial charge in [0.2, 0.25) is 0 Å². The third-order valence-corrected chi connectivity index (χ3v) is 2.27. The Morgan fingerprint density at radius 1 is 1.53 bits per heavy atom. The van der Waals surface area contributed by atoms with Crippen molar-refractivity contribution in [2.24, 2.45) is 5.73 Å². The van der Waals surface area contributed by atoms with Crippen LogP contribution in [0.5, 0.6) is 5.75 Å². The highest BCUT2D eigenvalue weighted by molar-refractivity contribution is 5.95. The van der Waals surface area contributed by atoms with Gasteiger partial charge in [0.1, 0.15) is 11.6 Å². The molecular formula is C12H12F2N2O3. The Morgan fingerprint density at radius 2 is 2.21 bits per heavy atom. The standard InChI is InChI=1S/C12H12F2N2O3/c1-2-18-11(17)9-7(5-15)3-4-8(6-16)10(9)19-12(13)14/h3-4,12H,2,5,15H2,1H3. The van der Waals surface area contributed by atoms with Crippen molar-refractivity contribution in [1.29, 1.82) is 5.26 Å². The largest absolute Gasteiger partial charge is 0.462 e. The van der Waals surface area contributed by atoms with Crippen LogP contribution < -0.4 is 10.5 Å². The molecule has 0 amide bonds. The Bertz CT molecular complexity index is 512. The van der Waals surface area contributed by atoms with E-state index in [0.29, 0.717) is 0 Å². The highest BCUT2D eigenvalue weighted by atomic mass is 19.3. The monoisotopic (exact) mass is 270 g/mol. The maximum absolute atomic E-state index is 12.4. The van der Waals surface area contributed by atoms with Crippen molar-refractivity contribution < 1.29 is 23.0 Å². The molecule has 2 N–H and O–H groups in total. The molecule has 0 aliphatic rings. The van der Waals surface area contributed by atoms with E-state index in [4.69, 9.17) is 15.7 Å². The molecule has 7 heteroatoms. The highest BCUT2D eigenvalue weighted by Crippen LogP contribution is 2.29. The van der Waals surface area contributed by atoms with Gasteiger partial charge < -0.3 is 15.2 Å². The molecule has 0 saturated carbocycles. The van der Waals surface area contributed by atoms with Crippen LogP contribution in [0.15, 0.2) is 12.1 Å². The smallest absolute Gasteiger partial charge is 0.387 e. The molecule has 1 rings (SSSR count). The first-order valence-corrected chi connectivity index (χ1v) is 5.43. The van der Waals surface area contributed by atoms with Gasteiger partial charge in [0.25, 0.3) is 0 Å². The van der Waals surface area contributed by atoms with Gasteiger partial charge in [0.05, 0.1) is 12.2 Å². The van der Waals surface area contributed by atoms with Gasteiger partial charge >= 0.3 is 12.6 Å². The lowest BCUT2D eigenvalue weighted by Gasteiger charge is -2.14. The first-order valence-electron chi connectivity index (χ1n) is 5.43. The highest BCUT2D eigenvalue weighted by Gasteiger charge is 2.24. The molecule has 0 saturated heterocycles. The SMILES string of the molecule is CCOC(=O)c1c(CN)ccc(C#N)c1OC(F)F. The molecule has 0 radical (unpaired) electrons. The van der Waals surface area contributed by atoms with Crippen LogP contribution >= 0.6 is 0 Å². The van der Waals surface area contributed by atoms with Crippen LogP contribution in [0, 0.1) is 11.3 Å². The van der Waals surface area contributed by atoms with Crippen LogP contribution in [0.2, 0.25) is 0 Å². The Morgan fingerprint density at radius 3 is 2.68 bits per heavy atom. The van der Waals surface area contributed by atoms with E-state index in [2.05, 4.69) is 4.74 Å². The van der Waals surface area contributed by atoms with Gasteiger partial charge in [-0.3, -0.25) is 0 Å². The molecule has 1 aromatic rings. The molecule has 0 atom stereocenters. The molecule has 0 aliphatic heterocycles. The van der Waals surface area contributed by atoms with E-state index < -0.39 is 18.3 Å². The quantitative estimate of drug-likeness (QED) is 0.824. The summed E-state index contributed by atoms with van der Waals surface area (Å²) in [7, 11) is 0. The third kappa shape index (κ3) is 3.39. The predicted molar refractivity (Wildman–Crippen MR) is 61.6 cm³/mol. The lowest BCUT2D eigenvalue weighted by atomic mass is 10.0. The second kappa shape index (κ2) is 6.66. The van der Waals surface area contributed by atoms with Gasteiger partial charge in [0, 0.05) is 6.54 Å². The maximum atomic E-state index is 12.4. The summed E-state index contributed by atoms with van der Waals surface area (Å²) in [6, 6.07) is 4.36. The van der Waals surface area contributed by atoms with Crippen LogP contribution in [-0.4, -0.2) is 19.2 Å². The number of carbonyl (C=O) groups excluding carboxylic acids is 1. The number of benzene rings is 1. The van der Waals surface area contributed by atoms with E-state index in [0.717, 1.165) is 0 Å². The number of rotatable bonds is 5. The van der Waals surface area contributed by atoms with Gasteiger partial charge in [-0.05, 0) is 18.6 Å². The zero-order valence-corrected chi connectivity index (χ0v) is 10.2. The fourth-order valence-electron chi connectivity index (χ4n) is 1.52. The number of nitrogens with two attached hydrogens (primary N) is 1. The molecule has 0 heterocycles. The summed E-state index contributed by atoms with van der Waals surface area (Å²) in [6.45, 7) is -1.59. The van der Waals surface area contributed by atoms with Crippen LogP contribution in [0.1, 0.15) is 28.4 Å². The fraction of sp³-hybridized carbons (Fsp3) is 0.333. The van der Waals surface area contributed by atoms with Crippen molar-refractivity contribution in [2.75, 3.05) is 6.61 Å². The van der Waals surface area contributed by atoms with Gasteiger partial charge in [-0.15, -0.1) is 0 Å². The molecule has 19 heavy (non-hydrogen) atoms. The van der Waals surface area contributed by atoms with E-state index in [1.54, 1.807) is 13.0 Å². The number of esters is 1. The summed E-state index contributed by atoms with van der Waals surface area (Å²) in [4.78, 5) is 11.8.